The predicted molar refractivity (Wildman–Crippen MR) is 88.7 cm³/mol. The van der Waals surface area contributed by atoms with Gasteiger partial charge in [0.15, 0.2) is 6.61 Å². The molecule has 8 nitrogen and oxygen atoms in total. The van der Waals surface area contributed by atoms with Crippen LogP contribution in [0.4, 0.5) is 10.5 Å². The van der Waals surface area contributed by atoms with Gasteiger partial charge in [-0.2, -0.15) is 0 Å². The Balaban J connectivity index is 2.54. The second-order valence-corrected chi connectivity index (χ2v) is 6.02. The largest absolute Gasteiger partial charge is 0.452 e. The number of carbonyl (C=O) groups excluding carboxylic acids is 3. The molecule has 1 rings (SSSR count). The van der Waals surface area contributed by atoms with Crippen molar-refractivity contribution >= 4 is 23.6 Å². The number of benzene rings is 1. The Morgan fingerprint density at radius 2 is 1.83 bits per heavy atom. The predicted octanol–water partition coefficient (Wildman–Crippen LogP) is 0.872. The first-order valence-electron chi connectivity index (χ1n) is 7.46. The molecule has 0 radical (unpaired) electrons. The van der Waals surface area contributed by atoms with Crippen molar-refractivity contribution in [3.63, 3.8) is 0 Å². The van der Waals surface area contributed by atoms with Gasteiger partial charge in [0.05, 0.1) is 12.2 Å². The van der Waals surface area contributed by atoms with E-state index in [0.29, 0.717) is 5.69 Å². The van der Waals surface area contributed by atoms with Crippen LogP contribution in [-0.4, -0.2) is 48.3 Å². The van der Waals surface area contributed by atoms with Gasteiger partial charge in [-0.1, -0.05) is 12.1 Å². The molecule has 3 amide bonds. The Hall–Kier alpha value is -2.61. The van der Waals surface area contributed by atoms with Gasteiger partial charge in [-0.05, 0) is 32.9 Å². The smallest absolute Gasteiger partial charge is 0.340 e. The quantitative estimate of drug-likeness (QED) is 0.572. The van der Waals surface area contributed by atoms with Crippen molar-refractivity contribution < 1.29 is 24.2 Å². The monoisotopic (exact) mass is 337 g/mol. The van der Waals surface area contributed by atoms with Gasteiger partial charge in [0.2, 0.25) is 0 Å². The van der Waals surface area contributed by atoms with Crippen LogP contribution in [0.1, 0.15) is 31.1 Å². The Labute approximate surface area is 140 Å². The van der Waals surface area contributed by atoms with Crippen LogP contribution in [0.3, 0.4) is 0 Å². The van der Waals surface area contributed by atoms with Gasteiger partial charge in [0, 0.05) is 17.8 Å². The number of hydrogen-bond acceptors (Lipinski definition) is 6. The van der Waals surface area contributed by atoms with Crippen molar-refractivity contribution in [3.05, 3.63) is 29.8 Å². The second-order valence-electron chi connectivity index (χ2n) is 6.02. The summed E-state index contributed by atoms with van der Waals surface area (Å²) in [5.74, 6) is -1.44. The maximum atomic E-state index is 12.0. The topological polar surface area (TPSA) is 117 Å². The van der Waals surface area contributed by atoms with Gasteiger partial charge < -0.3 is 20.5 Å². The molecule has 0 fully saturated rings. The van der Waals surface area contributed by atoms with Gasteiger partial charge >= 0.3 is 12.0 Å². The number of para-hydroxylation sites is 1. The lowest BCUT2D eigenvalue weighted by Crippen LogP contribution is -2.49. The number of aliphatic hydroxyl groups excluding tert-OH is 1. The number of carbonyl (C=O) groups is 3. The van der Waals surface area contributed by atoms with Crippen LogP contribution >= 0.6 is 0 Å². The Bertz CT molecular complexity index is 596. The minimum Gasteiger partial charge on any atom is -0.452 e. The number of ether oxygens (including phenoxy) is 1. The van der Waals surface area contributed by atoms with Crippen LogP contribution < -0.4 is 16.0 Å². The molecule has 1 aromatic carbocycles. The summed E-state index contributed by atoms with van der Waals surface area (Å²) in [6.45, 7) is 4.92. The van der Waals surface area contributed by atoms with Crippen LogP contribution in [-0.2, 0) is 9.53 Å². The summed E-state index contributed by atoms with van der Waals surface area (Å²) in [6, 6.07) is 5.90. The van der Waals surface area contributed by atoms with Crippen molar-refractivity contribution in [2.45, 2.75) is 26.3 Å². The molecule has 0 aromatic heterocycles. The molecule has 8 heteroatoms. The average molecular weight is 337 g/mol. The number of esters is 1. The number of urea groups is 1. The first-order chi connectivity index (χ1) is 11.2. The fraction of sp³-hybridized carbons (Fsp3) is 0.438. The average Bonchev–Trinajstić information content (AvgIpc) is 2.49. The lowest BCUT2D eigenvalue weighted by atomic mass is 10.1. The molecule has 1 aromatic rings. The summed E-state index contributed by atoms with van der Waals surface area (Å²) < 4.78 is 4.91. The molecule has 24 heavy (non-hydrogen) atoms. The van der Waals surface area contributed by atoms with E-state index >= 15 is 0 Å². The summed E-state index contributed by atoms with van der Waals surface area (Å²) in [4.78, 5) is 35.2. The van der Waals surface area contributed by atoms with E-state index in [0.717, 1.165) is 0 Å². The molecule has 0 bridgehead atoms. The SMILES string of the molecule is CC(C)(C)NC(=O)NC(=O)COC(=O)c1ccccc1NCCO. The summed E-state index contributed by atoms with van der Waals surface area (Å²) in [7, 11) is 0. The maximum Gasteiger partial charge on any atom is 0.340 e. The van der Waals surface area contributed by atoms with Crippen molar-refractivity contribution in [3.8, 4) is 0 Å². The molecule has 0 aliphatic rings. The molecule has 0 aliphatic heterocycles. The number of imide groups is 1. The van der Waals surface area contributed by atoms with Crippen LogP contribution in [0.2, 0.25) is 0 Å². The first-order valence-corrected chi connectivity index (χ1v) is 7.46. The zero-order chi connectivity index (χ0) is 18.2. The zero-order valence-corrected chi connectivity index (χ0v) is 14.0. The summed E-state index contributed by atoms with van der Waals surface area (Å²) >= 11 is 0. The van der Waals surface area contributed by atoms with Crippen LogP contribution in [0.15, 0.2) is 24.3 Å². The highest BCUT2D eigenvalue weighted by Crippen LogP contribution is 2.15. The standard InChI is InChI=1S/C16H23N3O5/c1-16(2,3)19-15(23)18-13(21)10-24-14(22)11-6-4-5-7-12(11)17-8-9-20/h4-7,17,20H,8-10H2,1-3H3,(H2,18,19,21,23). The molecular formula is C16H23N3O5. The van der Waals surface area contributed by atoms with E-state index in [9.17, 15) is 14.4 Å². The van der Waals surface area contributed by atoms with Gasteiger partial charge in [0.25, 0.3) is 5.91 Å². The van der Waals surface area contributed by atoms with E-state index in [1.807, 2.05) is 0 Å². The third-order valence-electron chi connectivity index (χ3n) is 2.65. The molecule has 132 valence electrons. The summed E-state index contributed by atoms with van der Waals surface area (Å²) in [5.41, 5.74) is 0.235. The van der Waals surface area contributed by atoms with Crippen molar-refractivity contribution in [1.29, 1.82) is 0 Å². The number of amides is 3. The molecular weight excluding hydrogens is 314 g/mol. The number of hydrogen-bond donors (Lipinski definition) is 4. The van der Waals surface area contributed by atoms with Gasteiger partial charge in [0.1, 0.15) is 0 Å². The minimum atomic E-state index is -0.731. The van der Waals surface area contributed by atoms with Crippen molar-refractivity contribution in [1.82, 2.24) is 10.6 Å². The van der Waals surface area contributed by atoms with E-state index in [1.165, 1.54) is 6.07 Å². The third-order valence-corrected chi connectivity index (χ3v) is 2.65. The van der Waals surface area contributed by atoms with E-state index in [4.69, 9.17) is 9.84 Å². The van der Waals surface area contributed by atoms with Crippen LogP contribution in [0.5, 0.6) is 0 Å². The second kappa shape index (κ2) is 8.88. The Morgan fingerprint density at radius 3 is 2.46 bits per heavy atom. The van der Waals surface area contributed by atoms with E-state index in [1.54, 1.807) is 39.0 Å². The van der Waals surface area contributed by atoms with Crippen LogP contribution in [0, 0.1) is 0 Å². The highest BCUT2D eigenvalue weighted by atomic mass is 16.5. The van der Waals surface area contributed by atoms with Gasteiger partial charge in [-0.3, -0.25) is 10.1 Å². The fourth-order valence-corrected chi connectivity index (χ4v) is 1.75. The number of nitrogens with one attached hydrogen (secondary N) is 3. The number of rotatable bonds is 6. The number of anilines is 1. The Kier molecular flexibility index (Phi) is 7.19. The van der Waals surface area contributed by atoms with E-state index < -0.39 is 30.1 Å². The van der Waals surface area contributed by atoms with E-state index in [-0.39, 0.29) is 18.7 Å². The van der Waals surface area contributed by atoms with E-state index in [2.05, 4.69) is 16.0 Å². The van der Waals surface area contributed by atoms with Gasteiger partial charge in [-0.15, -0.1) is 0 Å². The van der Waals surface area contributed by atoms with Gasteiger partial charge in [-0.25, -0.2) is 9.59 Å². The minimum absolute atomic E-state index is 0.0886. The summed E-state index contributed by atoms with van der Waals surface area (Å²) in [5, 5.41) is 16.3. The third kappa shape index (κ3) is 7.10. The molecule has 0 spiro atoms. The number of aliphatic hydroxyl groups is 1. The maximum absolute atomic E-state index is 12.0. The van der Waals surface area contributed by atoms with Crippen molar-refractivity contribution in [2.24, 2.45) is 0 Å². The summed E-state index contributed by atoms with van der Waals surface area (Å²) in [6.07, 6.45) is 0. The fourth-order valence-electron chi connectivity index (χ4n) is 1.75. The molecule has 0 aliphatic carbocycles. The highest BCUT2D eigenvalue weighted by Gasteiger charge is 2.18. The molecule has 0 heterocycles. The lowest BCUT2D eigenvalue weighted by molar-refractivity contribution is -0.123. The molecule has 0 atom stereocenters. The van der Waals surface area contributed by atoms with Crippen LogP contribution in [0.25, 0.3) is 0 Å². The first kappa shape index (κ1) is 19.4. The lowest BCUT2D eigenvalue weighted by Gasteiger charge is -2.20. The zero-order valence-electron chi connectivity index (χ0n) is 14.0. The molecule has 0 saturated heterocycles. The molecule has 4 N–H and O–H groups in total. The highest BCUT2D eigenvalue weighted by molar-refractivity contribution is 5.99. The molecule has 0 saturated carbocycles. The normalized spacial score (nSPS) is 10.7. The molecule has 0 unspecified atom stereocenters. The van der Waals surface area contributed by atoms with Crippen molar-refractivity contribution in [2.75, 3.05) is 25.1 Å². The Morgan fingerprint density at radius 1 is 1.17 bits per heavy atom.